The molecule has 0 aromatic heterocycles. The van der Waals surface area contributed by atoms with Gasteiger partial charge in [0.25, 0.3) is 0 Å². The molecule has 0 fully saturated rings. The van der Waals surface area contributed by atoms with Crippen molar-refractivity contribution >= 4 is 16.5 Å². The minimum Gasteiger partial charge on any atom is -0.320 e. The Labute approximate surface area is 76.5 Å². The number of anilines is 1. The highest BCUT2D eigenvalue weighted by atomic mass is 15.4. The Morgan fingerprint density at radius 2 is 1.85 bits per heavy atom. The van der Waals surface area contributed by atoms with Gasteiger partial charge in [0, 0.05) is 5.56 Å². The molecule has 0 amide bonds. The van der Waals surface area contributed by atoms with E-state index in [4.69, 9.17) is 0 Å². The van der Waals surface area contributed by atoms with Crippen molar-refractivity contribution < 1.29 is 0 Å². The Morgan fingerprint density at radius 3 is 2.85 bits per heavy atom. The number of rotatable bonds is 0. The van der Waals surface area contributed by atoms with Crippen LogP contribution in [-0.2, 0) is 0 Å². The fourth-order valence-electron chi connectivity index (χ4n) is 1.75. The molecule has 1 heterocycles. The predicted molar refractivity (Wildman–Crippen MR) is 54.1 cm³/mol. The van der Waals surface area contributed by atoms with Crippen LogP contribution < -0.4 is 10.9 Å². The molecule has 2 heteroatoms. The van der Waals surface area contributed by atoms with Crippen LogP contribution in [0.2, 0.25) is 0 Å². The summed E-state index contributed by atoms with van der Waals surface area (Å²) in [4.78, 5) is 0. The number of hydrazine groups is 1. The van der Waals surface area contributed by atoms with Gasteiger partial charge in [0.1, 0.15) is 0 Å². The Balaban J connectivity index is 2.43. The van der Waals surface area contributed by atoms with Gasteiger partial charge in [0.05, 0.1) is 12.2 Å². The zero-order valence-electron chi connectivity index (χ0n) is 7.04. The topological polar surface area (TPSA) is 24.1 Å². The number of hydrogen-bond donors (Lipinski definition) is 2. The molecule has 0 aliphatic carbocycles. The van der Waals surface area contributed by atoms with E-state index in [1.54, 1.807) is 0 Å². The lowest BCUT2D eigenvalue weighted by Gasteiger charge is -2.02. The first-order chi connectivity index (χ1) is 6.45. The third-order valence-electron chi connectivity index (χ3n) is 2.39. The van der Waals surface area contributed by atoms with Gasteiger partial charge < -0.3 is 5.43 Å². The van der Waals surface area contributed by atoms with E-state index in [1.165, 1.54) is 16.3 Å². The molecule has 2 aromatic rings. The van der Waals surface area contributed by atoms with Crippen LogP contribution in [0.4, 0.5) is 5.69 Å². The van der Waals surface area contributed by atoms with Gasteiger partial charge in [-0.15, -0.1) is 0 Å². The van der Waals surface area contributed by atoms with E-state index >= 15 is 0 Å². The molecule has 0 unspecified atom stereocenters. The average molecular weight is 169 g/mol. The fourth-order valence-corrected chi connectivity index (χ4v) is 1.75. The highest BCUT2D eigenvalue weighted by Crippen LogP contribution is 2.29. The highest BCUT2D eigenvalue weighted by Gasteiger charge is 2.11. The maximum Gasteiger partial charge on any atom is 0.0750 e. The van der Waals surface area contributed by atoms with Crippen LogP contribution in [0, 0.1) is 6.54 Å². The largest absolute Gasteiger partial charge is 0.320 e. The monoisotopic (exact) mass is 169 g/mol. The maximum atomic E-state index is 3.09. The smallest absolute Gasteiger partial charge is 0.0750 e. The third kappa shape index (κ3) is 0.924. The maximum absolute atomic E-state index is 3.09. The van der Waals surface area contributed by atoms with Gasteiger partial charge in [-0.25, -0.2) is 5.43 Å². The molecule has 1 aliphatic heterocycles. The summed E-state index contributed by atoms with van der Waals surface area (Å²) in [5.41, 5.74) is 8.49. The first-order valence-electron chi connectivity index (χ1n) is 4.32. The summed E-state index contributed by atoms with van der Waals surface area (Å²) in [6, 6.07) is 12.6. The molecule has 0 saturated heterocycles. The van der Waals surface area contributed by atoms with E-state index in [9.17, 15) is 0 Å². The lowest BCUT2D eigenvalue weighted by Crippen LogP contribution is -2.09. The van der Waals surface area contributed by atoms with E-state index in [0.29, 0.717) is 0 Å². The normalized spacial score (nSPS) is 14.2. The van der Waals surface area contributed by atoms with Gasteiger partial charge in [-0.1, -0.05) is 30.3 Å². The lowest BCUT2D eigenvalue weighted by molar-refractivity contribution is 1.04. The van der Waals surface area contributed by atoms with Crippen molar-refractivity contribution in [1.82, 2.24) is 5.43 Å². The van der Waals surface area contributed by atoms with Crippen LogP contribution in [0.3, 0.4) is 0 Å². The molecule has 2 aromatic carbocycles. The van der Waals surface area contributed by atoms with Gasteiger partial charge in [-0.2, -0.15) is 0 Å². The van der Waals surface area contributed by atoms with Crippen LogP contribution in [-0.4, -0.2) is 0 Å². The average Bonchev–Trinajstić information content (AvgIpc) is 2.65. The quantitative estimate of drug-likeness (QED) is 0.632. The van der Waals surface area contributed by atoms with E-state index in [1.807, 2.05) is 6.54 Å². The predicted octanol–water partition coefficient (Wildman–Crippen LogP) is 2.28. The zero-order chi connectivity index (χ0) is 8.67. The molecule has 1 radical (unpaired) electrons. The third-order valence-corrected chi connectivity index (χ3v) is 2.39. The number of fused-ring (bicyclic) bond motifs is 3. The number of benzene rings is 2. The second-order valence-electron chi connectivity index (χ2n) is 3.16. The molecule has 0 saturated carbocycles. The van der Waals surface area contributed by atoms with Crippen LogP contribution in [0.15, 0.2) is 36.4 Å². The minimum atomic E-state index is 1.15. The van der Waals surface area contributed by atoms with E-state index < -0.39 is 0 Å². The van der Waals surface area contributed by atoms with Crippen LogP contribution in [0.5, 0.6) is 0 Å². The Hall–Kier alpha value is -1.54. The molecule has 13 heavy (non-hydrogen) atoms. The van der Waals surface area contributed by atoms with Crippen molar-refractivity contribution in [2.24, 2.45) is 0 Å². The minimum absolute atomic E-state index is 1.15. The molecule has 0 bridgehead atoms. The van der Waals surface area contributed by atoms with E-state index in [0.717, 1.165) is 5.69 Å². The Kier molecular flexibility index (Phi) is 1.32. The van der Waals surface area contributed by atoms with Crippen LogP contribution >= 0.6 is 0 Å². The van der Waals surface area contributed by atoms with E-state index in [-0.39, 0.29) is 0 Å². The van der Waals surface area contributed by atoms with Gasteiger partial charge in [-0.05, 0) is 16.8 Å². The Morgan fingerprint density at radius 1 is 0.923 bits per heavy atom. The summed E-state index contributed by atoms with van der Waals surface area (Å²) < 4.78 is 0. The first-order valence-corrected chi connectivity index (χ1v) is 4.32. The fraction of sp³-hybridized carbons (Fsp3) is 0. The van der Waals surface area contributed by atoms with Crippen LogP contribution in [0.25, 0.3) is 10.8 Å². The number of hydrogen-bond acceptors (Lipinski definition) is 2. The van der Waals surface area contributed by atoms with Crippen molar-refractivity contribution in [3.05, 3.63) is 48.5 Å². The molecule has 0 spiro atoms. The first kappa shape index (κ1) is 6.92. The Bertz CT molecular complexity index is 463. The zero-order valence-corrected chi connectivity index (χ0v) is 7.04. The van der Waals surface area contributed by atoms with Crippen molar-refractivity contribution in [2.45, 2.75) is 0 Å². The van der Waals surface area contributed by atoms with Crippen molar-refractivity contribution in [3.63, 3.8) is 0 Å². The molecule has 2 nitrogen and oxygen atoms in total. The molecule has 2 N–H and O–H groups in total. The molecule has 0 atom stereocenters. The van der Waals surface area contributed by atoms with E-state index in [2.05, 4.69) is 47.2 Å². The lowest BCUT2D eigenvalue weighted by atomic mass is 10.0. The highest BCUT2D eigenvalue weighted by molar-refractivity contribution is 5.92. The van der Waals surface area contributed by atoms with Gasteiger partial charge >= 0.3 is 0 Å². The van der Waals surface area contributed by atoms with Gasteiger partial charge in [0.2, 0.25) is 0 Å². The SMILES string of the molecule is [CH]1NNc2ccc3ccccc3c21. The summed E-state index contributed by atoms with van der Waals surface area (Å²) in [5.74, 6) is 0. The van der Waals surface area contributed by atoms with Crippen molar-refractivity contribution in [1.29, 1.82) is 0 Å². The number of nitrogens with one attached hydrogen (secondary N) is 2. The summed E-state index contributed by atoms with van der Waals surface area (Å²) in [6.07, 6.45) is 0. The summed E-state index contributed by atoms with van der Waals surface area (Å²) >= 11 is 0. The standard InChI is InChI=1S/C11H9N2/c1-2-4-9-8(3-1)5-6-11-10(9)7-12-13-11/h1-7,12-13H. The second-order valence-corrected chi connectivity index (χ2v) is 3.16. The second kappa shape index (κ2) is 2.47. The van der Waals surface area contributed by atoms with Crippen molar-refractivity contribution in [3.8, 4) is 0 Å². The van der Waals surface area contributed by atoms with Crippen molar-refractivity contribution in [2.75, 3.05) is 5.43 Å². The molecular formula is C11H9N2. The van der Waals surface area contributed by atoms with Gasteiger partial charge in [0.15, 0.2) is 0 Å². The van der Waals surface area contributed by atoms with Gasteiger partial charge in [-0.3, -0.25) is 0 Å². The van der Waals surface area contributed by atoms with Crippen LogP contribution in [0.1, 0.15) is 5.56 Å². The molecule has 63 valence electrons. The molecule has 3 rings (SSSR count). The summed E-state index contributed by atoms with van der Waals surface area (Å²) in [7, 11) is 0. The summed E-state index contributed by atoms with van der Waals surface area (Å²) in [5, 5.41) is 2.57. The summed E-state index contributed by atoms with van der Waals surface area (Å²) in [6.45, 7) is 2.00. The molecule has 1 aliphatic rings. The molecular weight excluding hydrogens is 160 g/mol.